The molecule has 136 valence electrons. The van der Waals surface area contributed by atoms with Crippen molar-refractivity contribution in [2.45, 2.75) is 26.9 Å². The Bertz CT molecular complexity index is 1120. The van der Waals surface area contributed by atoms with Gasteiger partial charge in [-0.25, -0.2) is 4.79 Å². The van der Waals surface area contributed by atoms with E-state index in [1.54, 1.807) is 16.7 Å². The van der Waals surface area contributed by atoms with Crippen LogP contribution in [0.3, 0.4) is 0 Å². The van der Waals surface area contributed by atoms with Gasteiger partial charge in [0.15, 0.2) is 11.2 Å². The number of hydrogen-bond acceptors (Lipinski definition) is 3. The average molecular weight is 393 g/mol. The van der Waals surface area contributed by atoms with Gasteiger partial charge in [-0.15, -0.1) is 0 Å². The third-order valence-electron chi connectivity index (χ3n) is 4.34. The summed E-state index contributed by atoms with van der Waals surface area (Å²) in [5.74, 6) is 0. The van der Waals surface area contributed by atoms with Crippen LogP contribution in [-0.4, -0.2) is 18.7 Å². The number of allylic oxidation sites excluding steroid dienone is 2. The van der Waals surface area contributed by atoms with Crippen LogP contribution in [0.2, 0.25) is 10.3 Å². The fraction of sp³-hybridized carbons (Fsp3) is 0.278. The number of aromatic nitrogens is 4. The Morgan fingerprint density at radius 2 is 1.81 bits per heavy atom. The van der Waals surface area contributed by atoms with Crippen molar-refractivity contribution in [3.8, 4) is 0 Å². The Morgan fingerprint density at radius 1 is 1.15 bits per heavy atom. The summed E-state index contributed by atoms with van der Waals surface area (Å²) in [4.78, 5) is 29.6. The minimum Gasteiger partial charge on any atom is -0.304 e. The first kappa shape index (κ1) is 18.5. The molecule has 0 saturated carbocycles. The molecule has 0 N–H and O–H groups in total. The van der Waals surface area contributed by atoms with Crippen LogP contribution in [0.25, 0.3) is 11.2 Å². The summed E-state index contributed by atoms with van der Waals surface area (Å²) < 4.78 is 4.17. The molecule has 3 rings (SSSR count). The van der Waals surface area contributed by atoms with Crippen molar-refractivity contribution in [1.82, 2.24) is 18.7 Å². The van der Waals surface area contributed by atoms with Crippen LogP contribution in [0.1, 0.15) is 19.4 Å². The van der Waals surface area contributed by atoms with E-state index in [1.807, 2.05) is 32.1 Å². The van der Waals surface area contributed by atoms with Crippen LogP contribution in [-0.2, 0) is 20.1 Å². The van der Waals surface area contributed by atoms with Crippen molar-refractivity contribution in [3.05, 3.63) is 72.6 Å². The maximum atomic E-state index is 12.7. The molecule has 0 fully saturated rings. The normalized spacial score (nSPS) is 12.1. The van der Waals surface area contributed by atoms with E-state index in [-0.39, 0.29) is 5.28 Å². The fourth-order valence-electron chi connectivity index (χ4n) is 2.73. The van der Waals surface area contributed by atoms with Crippen molar-refractivity contribution >= 4 is 34.4 Å². The zero-order valence-corrected chi connectivity index (χ0v) is 16.2. The van der Waals surface area contributed by atoms with Crippen molar-refractivity contribution in [3.63, 3.8) is 0 Å². The summed E-state index contributed by atoms with van der Waals surface area (Å²) in [5, 5.41) is 0.784. The maximum absolute atomic E-state index is 12.7. The van der Waals surface area contributed by atoms with Gasteiger partial charge in [0.1, 0.15) is 0 Å². The van der Waals surface area contributed by atoms with E-state index >= 15 is 0 Å². The molecule has 0 aliphatic rings. The summed E-state index contributed by atoms with van der Waals surface area (Å²) in [7, 11) is 1.46. The zero-order chi connectivity index (χ0) is 19.0. The summed E-state index contributed by atoms with van der Waals surface area (Å²) in [5.41, 5.74) is 1.65. The summed E-state index contributed by atoms with van der Waals surface area (Å²) in [6, 6.07) is 7.25. The number of nitrogens with zero attached hydrogens (tertiary/aromatic N) is 4. The van der Waals surface area contributed by atoms with Gasteiger partial charge in [0, 0.05) is 18.6 Å². The second-order valence-corrected chi connectivity index (χ2v) is 6.91. The number of fused-ring (bicyclic) bond motifs is 1. The van der Waals surface area contributed by atoms with Gasteiger partial charge < -0.3 is 4.57 Å². The molecule has 0 bridgehead atoms. The minimum atomic E-state index is -0.423. The molecule has 8 heteroatoms. The standard InChI is InChI=1S/C18H18Cl2N4O2/c1-4-11(2)9-24-15-14(16(25)22(3)18(24)26)23(17(20)21-15)10-12-5-7-13(19)8-6-12/h4-8H,9-10H2,1-3H3. The molecule has 2 heterocycles. The second kappa shape index (κ2) is 7.13. The SMILES string of the molecule is CC=C(C)Cn1c(=O)n(C)c(=O)c2c1nc(Cl)n2Cc1ccc(Cl)cc1. The number of halogens is 2. The lowest BCUT2D eigenvalue weighted by atomic mass is 10.2. The van der Waals surface area contributed by atoms with Crippen LogP contribution in [0.5, 0.6) is 0 Å². The smallest absolute Gasteiger partial charge is 0.304 e. The highest BCUT2D eigenvalue weighted by molar-refractivity contribution is 6.30. The van der Waals surface area contributed by atoms with Gasteiger partial charge in [-0.1, -0.05) is 35.4 Å². The van der Waals surface area contributed by atoms with Crippen molar-refractivity contribution in [2.24, 2.45) is 7.05 Å². The Morgan fingerprint density at radius 3 is 2.42 bits per heavy atom. The van der Waals surface area contributed by atoms with E-state index in [0.717, 1.165) is 15.7 Å². The molecule has 0 unspecified atom stereocenters. The molecular weight excluding hydrogens is 375 g/mol. The van der Waals surface area contributed by atoms with Crippen LogP contribution >= 0.6 is 23.2 Å². The highest BCUT2D eigenvalue weighted by atomic mass is 35.5. The fourth-order valence-corrected chi connectivity index (χ4v) is 3.08. The third kappa shape index (κ3) is 3.22. The summed E-state index contributed by atoms with van der Waals surface area (Å²) in [6.07, 6.45) is 1.91. The number of rotatable bonds is 4. The van der Waals surface area contributed by atoms with E-state index in [4.69, 9.17) is 23.2 Å². The molecule has 0 spiro atoms. The van der Waals surface area contributed by atoms with Crippen molar-refractivity contribution < 1.29 is 0 Å². The predicted molar refractivity (Wildman–Crippen MR) is 104 cm³/mol. The lowest BCUT2D eigenvalue weighted by Gasteiger charge is -2.10. The average Bonchev–Trinajstić information content (AvgIpc) is 2.95. The van der Waals surface area contributed by atoms with Crippen LogP contribution in [0.15, 0.2) is 45.5 Å². The van der Waals surface area contributed by atoms with Gasteiger partial charge >= 0.3 is 5.69 Å². The molecule has 0 aliphatic carbocycles. The van der Waals surface area contributed by atoms with Gasteiger partial charge in [0.2, 0.25) is 5.28 Å². The lowest BCUT2D eigenvalue weighted by molar-refractivity contribution is 0.659. The molecule has 0 radical (unpaired) electrons. The first-order valence-corrected chi connectivity index (χ1v) is 8.81. The third-order valence-corrected chi connectivity index (χ3v) is 4.88. The monoisotopic (exact) mass is 392 g/mol. The lowest BCUT2D eigenvalue weighted by Crippen LogP contribution is -2.39. The molecule has 6 nitrogen and oxygen atoms in total. The number of hydrogen-bond donors (Lipinski definition) is 0. The Hall–Kier alpha value is -2.31. The molecule has 0 atom stereocenters. The van der Waals surface area contributed by atoms with Gasteiger partial charge in [-0.3, -0.25) is 13.9 Å². The van der Waals surface area contributed by atoms with Crippen LogP contribution in [0, 0.1) is 0 Å². The van der Waals surface area contributed by atoms with E-state index in [2.05, 4.69) is 4.98 Å². The van der Waals surface area contributed by atoms with Gasteiger partial charge in [-0.2, -0.15) is 4.98 Å². The number of benzene rings is 1. The van der Waals surface area contributed by atoms with Crippen LogP contribution in [0.4, 0.5) is 0 Å². The molecule has 0 aliphatic heterocycles. The molecule has 0 saturated heterocycles. The predicted octanol–water partition coefficient (Wildman–Crippen LogP) is 3.22. The Balaban J connectivity index is 2.25. The van der Waals surface area contributed by atoms with E-state index in [0.29, 0.717) is 29.3 Å². The molecule has 2 aromatic heterocycles. The van der Waals surface area contributed by atoms with Gasteiger partial charge in [0.05, 0.1) is 6.54 Å². The largest absolute Gasteiger partial charge is 0.332 e. The van der Waals surface area contributed by atoms with E-state index in [9.17, 15) is 9.59 Å². The van der Waals surface area contributed by atoms with Crippen LogP contribution < -0.4 is 11.2 Å². The molecule has 26 heavy (non-hydrogen) atoms. The molecule has 0 amide bonds. The van der Waals surface area contributed by atoms with Crippen molar-refractivity contribution in [1.29, 1.82) is 0 Å². The maximum Gasteiger partial charge on any atom is 0.332 e. The Kier molecular flexibility index (Phi) is 5.07. The zero-order valence-electron chi connectivity index (χ0n) is 14.7. The highest BCUT2D eigenvalue weighted by Crippen LogP contribution is 2.19. The highest BCUT2D eigenvalue weighted by Gasteiger charge is 2.19. The molecular formula is C18H18Cl2N4O2. The first-order chi connectivity index (χ1) is 12.3. The second-order valence-electron chi connectivity index (χ2n) is 6.13. The minimum absolute atomic E-state index is 0.157. The summed E-state index contributed by atoms with van der Waals surface area (Å²) >= 11 is 12.2. The molecule has 1 aromatic carbocycles. The van der Waals surface area contributed by atoms with E-state index < -0.39 is 11.2 Å². The Labute approximate surface area is 159 Å². The van der Waals surface area contributed by atoms with Crippen molar-refractivity contribution in [2.75, 3.05) is 0 Å². The van der Waals surface area contributed by atoms with Gasteiger partial charge in [0.25, 0.3) is 5.56 Å². The quantitative estimate of drug-likeness (QED) is 0.505. The van der Waals surface area contributed by atoms with E-state index in [1.165, 1.54) is 11.6 Å². The first-order valence-electron chi connectivity index (χ1n) is 8.05. The topological polar surface area (TPSA) is 61.8 Å². The summed E-state index contributed by atoms with van der Waals surface area (Å²) in [6.45, 7) is 4.50. The number of imidazole rings is 1. The molecule has 3 aromatic rings. The van der Waals surface area contributed by atoms with Gasteiger partial charge in [-0.05, 0) is 43.1 Å².